The first-order valence-electron chi connectivity index (χ1n) is 6.29. The summed E-state index contributed by atoms with van der Waals surface area (Å²) >= 11 is 11.5. The Morgan fingerprint density at radius 1 is 1.43 bits per heavy atom. The van der Waals surface area contributed by atoms with Crippen molar-refractivity contribution in [1.82, 2.24) is 10.2 Å². The molecule has 5 nitrogen and oxygen atoms in total. The molecule has 0 aromatic heterocycles. The highest BCUT2D eigenvalue weighted by atomic mass is 35.5. The molecule has 0 atom stereocenters. The summed E-state index contributed by atoms with van der Waals surface area (Å²) in [5.41, 5.74) is 5.22. The highest BCUT2D eigenvalue weighted by Gasteiger charge is 2.26. The normalized spacial score (nSPS) is 13.9. The SMILES string of the molecule is CN(CC(=O)NC1CC1)C(=O)c1cc(F)c(Cl)c(N)c1Cl. The zero-order chi connectivity index (χ0) is 15.7. The smallest absolute Gasteiger partial charge is 0.255 e. The molecule has 1 aromatic rings. The standard InChI is InChI=1S/C13H14Cl2FN3O2/c1-19(5-9(20)18-6-2-3-6)13(21)7-4-8(16)11(15)12(17)10(7)14/h4,6H,2-3,5,17H2,1H3,(H,18,20). The zero-order valence-electron chi connectivity index (χ0n) is 11.3. The van der Waals surface area contributed by atoms with Crippen molar-refractivity contribution in [2.45, 2.75) is 18.9 Å². The van der Waals surface area contributed by atoms with E-state index in [-0.39, 0.29) is 39.8 Å². The molecule has 1 fully saturated rings. The third-order valence-electron chi connectivity index (χ3n) is 3.09. The molecular weight excluding hydrogens is 320 g/mol. The molecule has 0 bridgehead atoms. The van der Waals surface area contributed by atoms with Crippen LogP contribution in [0.2, 0.25) is 10.0 Å². The number of nitrogen functional groups attached to an aromatic ring is 1. The Morgan fingerprint density at radius 3 is 2.62 bits per heavy atom. The Hall–Kier alpha value is -1.53. The number of hydrogen-bond acceptors (Lipinski definition) is 3. The first-order chi connectivity index (χ1) is 9.81. The lowest BCUT2D eigenvalue weighted by Gasteiger charge is -2.18. The maximum atomic E-state index is 13.6. The number of anilines is 1. The van der Waals surface area contributed by atoms with E-state index in [0.717, 1.165) is 23.8 Å². The average molecular weight is 334 g/mol. The molecule has 0 spiro atoms. The Balaban J connectivity index is 2.13. The van der Waals surface area contributed by atoms with Crippen molar-refractivity contribution >= 4 is 40.7 Å². The predicted octanol–water partition coefficient (Wildman–Crippen LogP) is 2.07. The number of carbonyl (C=O) groups is 2. The van der Waals surface area contributed by atoms with Crippen LogP contribution in [0.25, 0.3) is 0 Å². The van der Waals surface area contributed by atoms with Crippen molar-refractivity contribution in [3.05, 3.63) is 27.5 Å². The highest BCUT2D eigenvalue weighted by molar-refractivity contribution is 6.40. The quantitative estimate of drug-likeness (QED) is 0.654. The molecule has 1 aliphatic rings. The molecule has 2 amide bonds. The number of nitrogens with one attached hydrogen (secondary N) is 1. The van der Waals surface area contributed by atoms with Gasteiger partial charge in [0.1, 0.15) is 10.8 Å². The van der Waals surface area contributed by atoms with Gasteiger partial charge in [0.2, 0.25) is 5.91 Å². The van der Waals surface area contributed by atoms with Crippen LogP contribution in [0.15, 0.2) is 6.07 Å². The predicted molar refractivity (Wildman–Crippen MR) is 79.0 cm³/mol. The second kappa shape index (κ2) is 6.07. The number of carbonyl (C=O) groups excluding carboxylic acids is 2. The van der Waals surface area contributed by atoms with E-state index in [4.69, 9.17) is 28.9 Å². The molecule has 0 radical (unpaired) electrons. The van der Waals surface area contributed by atoms with Crippen LogP contribution in [0.5, 0.6) is 0 Å². The molecule has 0 saturated heterocycles. The number of benzene rings is 1. The molecule has 3 N–H and O–H groups in total. The second-order valence-electron chi connectivity index (χ2n) is 4.95. The van der Waals surface area contributed by atoms with E-state index in [0.29, 0.717) is 0 Å². The van der Waals surface area contributed by atoms with Gasteiger partial charge in [-0.1, -0.05) is 23.2 Å². The van der Waals surface area contributed by atoms with Crippen LogP contribution in [-0.2, 0) is 4.79 Å². The fourth-order valence-electron chi connectivity index (χ4n) is 1.77. The van der Waals surface area contributed by atoms with Crippen molar-refractivity contribution in [3.63, 3.8) is 0 Å². The van der Waals surface area contributed by atoms with Crippen molar-refractivity contribution in [2.24, 2.45) is 0 Å². The summed E-state index contributed by atoms with van der Waals surface area (Å²) in [5.74, 6) is -1.71. The third-order valence-corrected chi connectivity index (χ3v) is 3.88. The maximum Gasteiger partial charge on any atom is 0.255 e. The van der Waals surface area contributed by atoms with Crippen LogP contribution < -0.4 is 11.1 Å². The van der Waals surface area contributed by atoms with E-state index in [1.807, 2.05) is 0 Å². The molecule has 0 aliphatic heterocycles. The minimum Gasteiger partial charge on any atom is -0.396 e. The fraction of sp³-hybridized carbons (Fsp3) is 0.385. The van der Waals surface area contributed by atoms with Gasteiger partial charge in [-0.15, -0.1) is 0 Å². The Bertz CT molecular complexity index is 606. The molecule has 1 saturated carbocycles. The topological polar surface area (TPSA) is 75.4 Å². The summed E-state index contributed by atoms with van der Waals surface area (Å²) in [6, 6.07) is 1.12. The van der Waals surface area contributed by atoms with E-state index < -0.39 is 11.7 Å². The van der Waals surface area contributed by atoms with E-state index in [1.54, 1.807) is 0 Å². The highest BCUT2D eigenvalue weighted by Crippen LogP contribution is 2.33. The Labute approximate surface area is 131 Å². The lowest BCUT2D eigenvalue weighted by molar-refractivity contribution is -0.121. The number of likely N-dealkylation sites (N-methyl/N-ethyl adjacent to an activating group) is 1. The summed E-state index contributed by atoms with van der Waals surface area (Å²) in [4.78, 5) is 25.0. The molecule has 1 aromatic carbocycles. The van der Waals surface area contributed by atoms with Gasteiger partial charge >= 0.3 is 0 Å². The molecule has 0 heterocycles. The number of halogens is 3. The van der Waals surface area contributed by atoms with E-state index >= 15 is 0 Å². The van der Waals surface area contributed by atoms with Crippen LogP contribution in [0, 0.1) is 5.82 Å². The molecule has 8 heteroatoms. The van der Waals surface area contributed by atoms with Crippen molar-refractivity contribution in [3.8, 4) is 0 Å². The van der Waals surface area contributed by atoms with Crippen molar-refractivity contribution in [1.29, 1.82) is 0 Å². The number of hydrogen-bond donors (Lipinski definition) is 2. The van der Waals surface area contributed by atoms with Crippen LogP contribution in [0.1, 0.15) is 23.2 Å². The third kappa shape index (κ3) is 3.57. The summed E-state index contributed by atoms with van der Waals surface area (Å²) in [7, 11) is 1.42. The summed E-state index contributed by atoms with van der Waals surface area (Å²) in [5, 5.41) is 2.30. The van der Waals surface area contributed by atoms with Gasteiger partial charge < -0.3 is 16.0 Å². The molecule has 2 rings (SSSR count). The van der Waals surface area contributed by atoms with Crippen LogP contribution in [-0.4, -0.2) is 36.3 Å². The maximum absolute atomic E-state index is 13.6. The molecular formula is C13H14Cl2FN3O2. The minimum absolute atomic E-state index is 0.124. The Morgan fingerprint density at radius 2 is 2.05 bits per heavy atom. The lowest BCUT2D eigenvalue weighted by Crippen LogP contribution is -2.39. The molecule has 0 unspecified atom stereocenters. The van der Waals surface area contributed by atoms with Gasteiger partial charge in [-0.2, -0.15) is 0 Å². The summed E-state index contributed by atoms with van der Waals surface area (Å²) in [6.45, 7) is -0.143. The summed E-state index contributed by atoms with van der Waals surface area (Å²) < 4.78 is 13.6. The number of nitrogens with two attached hydrogens (primary N) is 1. The molecule has 21 heavy (non-hydrogen) atoms. The van der Waals surface area contributed by atoms with Gasteiger partial charge in [0, 0.05) is 13.1 Å². The van der Waals surface area contributed by atoms with Crippen LogP contribution in [0.4, 0.5) is 10.1 Å². The van der Waals surface area contributed by atoms with E-state index in [9.17, 15) is 14.0 Å². The van der Waals surface area contributed by atoms with Gasteiger partial charge in [0.15, 0.2) is 0 Å². The van der Waals surface area contributed by atoms with Gasteiger partial charge in [-0.3, -0.25) is 9.59 Å². The van der Waals surface area contributed by atoms with Gasteiger partial charge in [0.25, 0.3) is 5.91 Å². The van der Waals surface area contributed by atoms with E-state index in [2.05, 4.69) is 5.32 Å². The minimum atomic E-state index is -0.835. The second-order valence-corrected chi connectivity index (χ2v) is 5.71. The summed E-state index contributed by atoms with van der Waals surface area (Å²) in [6.07, 6.45) is 1.91. The number of rotatable bonds is 4. The van der Waals surface area contributed by atoms with Gasteiger partial charge in [-0.05, 0) is 18.9 Å². The molecule has 1 aliphatic carbocycles. The largest absolute Gasteiger partial charge is 0.396 e. The average Bonchev–Trinajstić information content (AvgIpc) is 3.23. The van der Waals surface area contributed by atoms with Crippen LogP contribution in [0.3, 0.4) is 0 Å². The molecule has 114 valence electrons. The lowest BCUT2D eigenvalue weighted by atomic mass is 10.1. The van der Waals surface area contributed by atoms with Crippen LogP contribution >= 0.6 is 23.2 Å². The first kappa shape index (κ1) is 15.9. The zero-order valence-corrected chi connectivity index (χ0v) is 12.8. The fourth-order valence-corrected chi connectivity index (χ4v) is 2.20. The van der Waals surface area contributed by atoms with Gasteiger partial charge in [-0.25, -0.2) is 4.39 Å². The van der Waals surface area contributed by atoms with Gasteiger partial charge in [0.05, 0.1) is 22.8 Å². The Kier molecular flexibility index (Phi) is 4.58. The number of nitrogens with zero attached hydrogens (tertiary/aromatic N) is 1. The first-order valence-corrected chi connectivity index (χ1v) is 7.04. The van der Waals surface area contributed by atoms with Crippen molar-refractivity contribution < 1.29 is 14.0 Å². The van der Waals surface area contributed by atoms with Crippen molar-refractivity contribution in [2.75, 3.05) is 19.3 Å². The number of amides is 2. The monoisotopic (exact) mass is 333 g/mol. The van der Waals surface area contributed by atoms with E-state index in [1.165, 1.54) is 7.05 Å².